The Hall–Kier alpha value is -2.50. The molecule has 5 heteroatoms. The van der Waals surface area contributed by atoms with Crippen molar-refractivity contribution in [3.05, 3.63) is 63.0 Å². The number of rotatable bonds is 4. The Morgan fingerprint density at radius 1 is 1.25 bits per heavy atom. The number of hydrogen-bond acceptors (Lipinski definition) is 4. The molecule has 3 heterocycles. The molecule has 0 saturated heterocycles. The van der Waals surface area contributed by atoms with Gasteiger partial charge in [0, 0.05) is 22.3 Å². The zero-order valence-electron chi connectivity index (χ0n) is 16.1. The van der Waals surface area contributed by atoms with Gasteiger partial charge in [0.1, 0.15) is 4.70 Å². The van der Waals surface area contributed by atoms with Gasteiger partial charge in [-0.25, -0.2) is 0 Å². The minimum absolute atomic E-state index is 0.0281. The third kappa shape index (κ3) is 2.69. The third-order valence-corrected chi connectivity index (χ3v) is 6.78. The van der Waals surface area contributed by atoms with Gasteiger partial charge < -0.3 is 10.7 Å². The summed E-state index contributed by atoms with van der Waals surface area (Å²) in [6, 6.07) is 10.8. The van der Waals surface area contributed by atoms with E-state index in [2.05, 4.69) is 42.2 Å². The molecule has 0 spiro atoms. The first-order valence-corrected chi connectivity index (χ1v) is 10.7. The first-order chi connectivity index (χ1) is 13.6. The average Bonchev–Trinajstić information content (AvgIpc) is 3.44. The van der Waals surface area contributed by atoms with Crippen LogP contribution >= 0.6 is 11.3 Å². The Labute approximate surface area is 167 Å². The van der Waals surface area contributed by atoms with Crippen LogP contribution in [0.25, 0.3) is 32.1 Å². The maximum Gasteiger partial charge on any atom is 0.266 e. The van der Waals surface area contributed by atoms with Gasteiger partial charge in [-0.3, -0.25) is 9.78 Å². The van der Waals surface area contributed by atoms with Crippen molar-refractivity contribution >= 4 is 32.3 Å². The van der Waals surface area contributed by atoms with Crippen molar-refractivity contribution in [2.24, 2.45) is 5.73 Å². The zero-order valence-corrected chi connectivity index (χ0v) is 16.9. The molecular weight excluding hydrogens is 366 g/mol. The van der Waals surface area contributed by atoms with E-state index >= 15 is 0 Å². The van der Waals surface area contributed by atoms with Crippen molar-refractivity contribution in [2.45, 2.75) is 38.5 Å². The van der Waals surface area contributed by atoms with Crippen LogP contribution in [-0.2, 0) is 0 Å². The summed E-state index contributed by atoms with van der Waals surface area (Å²) in [6.45, 7) is 4.78. The van der Waals surface area contributed by atoms with Gasteiger partial charge in [0.25, 0.3) is 5.56 Å². The van der Waals surface area contributed by atoms with Crippen molar-refractivity contribution in [3.8, 4) is 11.1 Å². The molecule has 142 valence electrons. The van der Waals surface area contributed by atoms with Crippen LogP contribution in [0.3, 0.4) is 0 Å². The van der Waals surface area contributed by atoms with Crippen molar-refractivity contribution in [1.82, 2.24) is 9.97 Å². The Bertz CT molecular complexity index is 1250. The first-order valence-electron chi connectivity index (χ1n) is 9.82. The number of aromatic nitrogens is 2. The molecule has 4 nitrogen and oxygen atoms in total. The Balaban J connectivity index is 1.86. The van der Waals surface area contributed by atoms with Gasteiger partial charge in [0.05, 0.1) is 16.9 Å². The fraction of sp³-hybridized carbons (Fsp3) is 0.304. The van der Waals surface area contributed by atoms with Crippen LogP contribution in [0.1, 0.15) is 48.6 Å². The molecule has 1 saturated carbocycles. The number of nitrogens with two attached hydrogens (primary N) is 1. The smallest absolute Gasteiger partial charge is 0.266 e. The summed E-state index contributed by atoms with van der Waals surface area (Å²) >= 11 is 1.50. The van der Waals surface area contributed by atoms with E-state index in [-0.39, 0.29) is 5.56 Å². The molecule has 5 rings (SSSR count). The molecule has 1 atom stereocenters. The quantitative estimate of drug-likeness (QED) is 0.513. The number of nitrogens with zero attached hydrogens (tertiary/aromatic N) is 1. The predicted molar refractivity (Wildman–Crippen MR) is 117 cm³/mol. The van der Waals surface area contributed by atoms with Crippen molar-refractivity contribution < 1.29 is 0 Å². The fourth-order valence-electron chi connectivity index (χ4n) is 4.06. The summed E-state index contributed by atoms with van der Waals surface area (Å²) < 4.78 is 0.787. The Morgan fingerprint density at radius 2 is 2.00 bits per heavy atom. The lowest BCUT2D eigenvalue weighted by Gasteiger charge is -2.16. The molecule has 0 bridgehead atoms. The number of nitrogens with one attached hydrogen (secondary N) is 1. The van der Waals surface area contributed by atoms with Gasteiger partial charge in [-0.05, 0) is 54.8 Å². The number of pyridine rings is 2. The normalized spacial score (nSPS) is 15.4. The van der Waals surface area contributed by atoms with Crippen LogP contribution in [0.15, 0.2) is 40.5 Å². The van der Waals surface area contributed by atoms with Crippen molar-refractivity contribution in [2.75, 3.05) is 6.54 Å². The monoisotopic (exact) mass is 389 g/mol. The SMILES string of the molecule is Cc1nc(C2CC2)c(-c2ccc(C(C)CN)cc2)c2c1[nH]c(=O)c1sccc12. The predicted octanol–water partition coefficient (Wildman–Crippen LogP) is 5.05. The van der Waals surface area contributed by atoms with Crippen molar-refractivity contribution in [3.63, 3.8) is 0 Å². The highest BCUT2D eigenvalue weighted by Gasteiger charge is 2.30. The van der Waals surface area contributed by atoms with E-state index in [1.165, 1.54) is 41.0 Å². The molecule has 1 fully saturated rings. The third-order valence-electron chi connectivity index (χ3n) is 5.87. The average molecular weight is 390 g/mol. The standard InChI is InChI=1S/C23H23N3OS/c1-12(11-24)14-3-5-15(6-4-14)18-19-17-9-10-28-22(17)23(27)26-20(19)13(2)25-21(18)16-7-8-16/h3-6,9-10,12,16H,7-8,11,24H2,1-2H3,(H,26,27). The van der Waals surface area contributed by atoms with Crippen molar-refractivity contribution in [1.29, 1.82) is 0 Å². The maximum absolute atomic E-state index is 12.6. The summed E-state index contributed by atoms with van der Waals surface area (Å²) in [5, 5.41) is 4.16. The molecule has 1 unspecified atom stereocenters. The summed E-state index contributed by atoms with van der Waals surface area (Å²) in [5.74, 6) is 0.853. The van der Waals surface area contributed by atoms with Gasteiger partial charge in [-0.1, -0.05) is 31.2 Å². The van der Waals surface area contributed by atoms with E-state index in [1.54, 1.807) is 0 Å². The highest BCUT2D eigenvalue weighted by Crippen LogP contribution is 2.47. The molecule has 0 radical (unpaired) electrons. The van der Waals surface area contributed by atoms with Crippen LogP contribution in [0.5, 0.6) is 0 Å². The second-order valence-electron chi connectivity index (χ2n) is 7.86. The van der Waals surface area contributed by atoms with Gasteiger partial charge in [-0.15, -0.1) is 11.3 Å². The van der Waals surface area contributed by atoms with Gasteiger partial charge in [0.15, 0.2) is 0 Å². The number of aromatic amines is 1. The highest BCUT2D eigenvalue weighted by molar-refractivity contribution is 7.17. The molecule has 1 aliphatic carbocycles. The number of aryl methyl sites for hydroxylation is 1. The number of H-pyrrole nitrogens is 1. The highest BCUT2D eigenvalue weighted by atomic mass is 32.1. The van der Waals surface area contributed by atoms with Gasteiger partial charge >= 0.3 is 0 Å². The first kappa shape index (κ1) is 17.6. The number of fused-ring (bicyclic) bond motifs is 3. The van der Waals surface area contributed by atoms with Crippen LogP contribution in [-0.4, -0.2) is 16.5 Å². The van der Waals surface area contributed by atoms with Gasteiger partial charge in [-0.2, -0.15) is 0 Å². The van der Waals surface area contributed by atoms with Crippen LogP contribution in [0.4, 0.5) is 0 Å². The molecular formula is C23H23N3OS. The Morgan fingerprint density at radius 3 is 2.68 bits per heavy atom. The second-order valence-corrected chi connectivity index (χ2v) is 8.77. The molecule has 28 heavy (non-hydrogen) atoms. The lowest BCUT2D eigenvalue weighted by Crippen LogP contribution is -2.09. The molecule has 1 aliphatic rings. The van der Waals surface area contributed by atoms with E-state index in [9.17, 15) is 4.79 Å². The topological polar surface area (TPSA) is 71.8 Å². The lowest BCUT2D eigenvalue weighted by molar-refractivity contribution is 0.774. The second kappa shape index (κ2) is 6.54. The summed E-state index contributed by atoms with van der Waals surface area (Å²) in [6.07, 6.45) is 2.37. The molecule has 0 aliphatic heterocycles. The largest absolute Gasteiger partial charge is 0.330 e. The van der Waals surface area contributed by atoms with E-state index < -0.39 is 0 Å². The lowest BCUT2D eigenvalue weighted by atomic mass is 9.92. The minimum Gasteiger partial charge on any atom is -0.330 e. The van der Waals surface area contributed by atoms with Crippen LogP contribution in [0, 0.1) is 6.92 Å². The maximum atomic E-state index is 12.6. The fourth-order valence-corrected chi connectivity index (χ4v) is 4.86. The minimum atomic E-state index is -0.0281. The molecule has 3 aromatic heterocycles. The summed E-state index contributed by atoms with van der Waals surface area (Å²) in [4.78, 5) is 20.6. The van der Waals surface area contributed by atoms with Crippen LogP contribution in [0.2, 0.25) is 0 Å². The molecule has 1 aromatic carbocycles. The van der Waals surface area contributed by atoms with E-state index in [0.29, 0.717) is 18.4 Å². The number of thiophene rings is 1. The van der Waals surface area contributed by atoms with E-state index in [4.69, 9.17) is 10.7 Å². The summed E-state index contributed by atoms with van der Waals surface area (Å²) in [7, 11) is 0. The van der Waals surface area contributed by atoms with E-state index in [0.717, 1.165) is 32.2 Å². The van der Waals surface area contributed by atoms with Gasteiger partial charge in [0.2, 0.25) is 0 Å². The molecule has 4 aromatic rings. The van der Waals surface area contributed by atoms with E-state index in [1.807, 2.05) is 12.3 Å². The number of benzene rings is 1. The zero-order chi connectivity index (χ0) is 19.4. The molecule has 0 amide bonds. The number of hydrogen-bond donors (Lipinski definition) is 2. The van der Waals surface area contributed by atoms with Crippen LogP contribution < -0.4 is 11.3 Å². The molecule has 3 N–H and O–H groups in total. The Kier molecular flexibility index (Phi) is 4.11. The summed E-state index contributed by atoms with van der Waals surface area (Å²) in [5.41, 5.74) is 12.3.